The molecule has 0 bridgehead atoms. The summed E-state index contributed by atoms with van der Waals surface area (Å²) in [4.78, 5) is 14.0. The number of aryl methyl sites for hydroxylation is 1. The molecule has 1 heterocycles. The first-order valence-electron chi connectivity index (χ1n) is 8.97. The van der Waals surface area contributed by atoms with E-state index < -0.39 is 0 Å². The van der Waals surface area contributed by atoms with Crippen LogP contribution in [0.4, 0.5) is 5.69 Å². The average Bonchev–Trinajstić information content (AvgIpc) is 3.21. The third kappa shape index (κ3) is 4.76. The standard InChI is InChI=1S/C22H24N2O2S/c1-15-10-12-17(13-11-15)21(20-9-6-14-27-20)23-16(2)22(25)24-18-7-4-5-8-19(18)26-3/h4-14,16,21,23H,1-3H3,(H,24,25)/p+1/t16-,21+/m0/s1. The van der Waals surface area contributed by atoms with Gasteiger partial charge >= 0.3 is 0 Å². The summed E-state index contributed by atoms with van der Waals surface area (Å²) in [7, 11) is 1.60. The number of carbonyl (C=O) groups is 1. The maximum Gasteiger partial charge on any atom is 0.282 e. The number of thiophene rings is 1. The van der Waals surface area contributed by atoms with Crippen molar-refractivity contribution in [1.29, 1.82) is 0 Å². The number of rotatable bonds is 7. The molecule has 2 atom stereocenters. The van der Waals surface area contributed by atoms with Crippen molar-refractivity contribution in [3.8, 4) is 5.75 Å². The van der Waals surface area contributed by atoms with Crippen LogP contribution in [0.15, 0.2) is 66.0 Å². The van der Waals surface area contributed by atoms with E-state index in [1.807, 2.05) is 31.2 Å². The molecule has 0 saturated heterocycles. The molecule has 1 amide bonds. The molecule has 5 heteroatoms. The molecule has 0 aliphatic heterocycles. The van der Waals surface area contributed by atoms with Crippen molar-refractivity contribution in [2.75, 3.05) is 12.4 Å². The van der Waals surface area contributed by atoms with E-state index in [0.29, 0.717) is 11.4 Å². The van der Waals surface area contributed by atoms with E-state index >= 15 is 0 Å². The summed E-state index contributed by atoms with van der Waals surface area (Å²) in [6.45, 7) is 4.01. The van der Waals surface area contributed by atoms with Crippen LogP contribution in [0.2, 0.25) is 0 Å². The number of benzene rings is 2. The third-order valence-corrected chi connectivity index (χ3v) is 5.50. The Morgan fingerprint density at radius 3 is 2.48 bits per heavy atom. The average molecular weight is 382 g/mol. The molecule has 140 valence electrons. The van der Waals surface area contributed by atoms with Crippen LogP contribution in [0.5, 0.6) is 5.75 Å². The number of hydrogen-bond acceptors (Lipinski definition) is 3. The van der Waals surface area contributed by atoms with Crippen LogP contribution < -0.4 is 15.4 Å². The first-order valence-corrected chi connectivity index (χ1v) is 9.85. The third-order valence-electron chi connectivity index (χ3n) is 4.55. The number of para-hydroxylation sites is 2. The van der Waals surface area contributed by atoms with Gasteiger partial charge in [0, 0.05) is 5.56 Å². The molecule has 0 unspecified atom stereocenters. The summed E-state index contributed by atoms with van der Waals surface area (Å²) in [6.07, 6.45) is 0. The Labute approximate surface area is 164 Å². The maximum absolute atomic E-state index is 12.8. The van der Waals surface area contributed by atoms with Gasteiger partial charge in [0.25, 0.3) is 5.91 Å². The van der Waals surface area contributed by atoms with Crippen molar-refractivity contribution in [2.24, 2.45) is 0 Å². The van der Waals surface area contributed by atoms with Gasteiger partial charge in [0.15, 0.2) is 6.04 Å². The van der Waals surface area contributed by atoms with Crippen LogP contribution in [-0.2, 0) is 4.79 Å². The number of nitrogens with one attached hydrogen (secondary N) is 1. The van der Waals surface area contributed by atoms with Gasteiger partial charge in [-0.25, -0.2) is 0 Å². The smallest absolute Gasteiger partial charge is 0.282 e. The van der Waals surface area contributed by atoms with Crippen molar-refractivity contribution in [1.82, 2.24) is 0 Å². The molecule has 0 radical (unpaired) electrons. The number of methoxy groups -OCH3 is 1. The lowest BCUT2D eigenvalue weighted by atomic mass is 10.0. The molecule has 27 heavy (non-hydrogen) atoms. The Morgan fingerprint density at radius 1 is 1.07 bits per heavy atom. The van der Waals surface area contributed by atoms with E-state index in [9.17, 15) is 4.79 Å². The van der Waals surface area contributed by atoms with E-state index in [1.165, 1.54) is 16.0 Å². The second kappa shape index (κ2) is 8.84. The maximum atomic E-state index is 12.8. The van der Waals surface area contributed by atoms with E-state index in [0.717, 1.165) is 0 Å². The molecule has 0 saturated carbocycles. The van der Waals surface area contributed by atoms with Gasteiger partial charge in [-0.15, -0.1) is 11.3 Å². The van der Waals surface area contributed by atoms with Gasteiger partial charge in [-0.05, 0) is 37.4 Å². The van der Waals surface area contributed by atoms with Crippen LogP contribution in [0.3, 0.4) is 0 Å². The summed E-state index contributed by atoms with van der Waals surface area (Å²) >= 11 is 1.71. The minimum Gasteiger partial charge on any atom is -0.495 e. The Balaban J connectivity index is 1.77. The van der Waals surface area contributed by atoms with Crippen molar-refractivity contribution in [3.63, 3.8) is 0 Å². The minimum atomic E-state index is -0.261. The molecule has 2 aromatic carbocycles. The Morgan fingerprint density at radius 2 is 1.81 bits per heavy atom. The zero-order valence-corrected chi connectivity index (χ0v) is 16.6. The molecule has 0 fully saturated rings. The lowest BCUT2D eigenvalue weighted by Crippen LogP contribution is -2.92. The highest BCUT2D eigenvalue weighted by atomic mass is 32.1. The molecule has 0 aliphatic carbocycles. The molecule has 3 N–H and O–H groups in total. The van der Waals surface area contributed by atoms with Crippen molar-refractivity contribution in [3.05, 3.63) is 82.0 Å². The van der Waals surface area contributed by atoms with Crippen molar-refractivity contribution >= 4 is 22.9 Å². The first-order chi connectivity index (χ1) is 13.1. The van der Waals surface area contributed by atoms with Gasteiger partial charge in [-0.1, -0.05) is 48.0 Å². The van der Waals surface area contributed by atoms with Gasteiger partial charge in [0.2, 0.25) is 0 Å². The predicted octanol–water partition coefficient (Wildman–Crippen LogP) is 3.75. The summed E-state index contributed by atoms with van der Waals surface area (Å²) in [5, 5.41) is 7.17. The van der Waals surface area contributed by atoms with Crippen LogP contribution in [0, 0.1) is 6.92 Å². The van der Waals surface area contributed by atoms with E-state index in [-0.39, 0.29) is 18.0 Å². The van der Waals surface area contributed by atoms with Crippen LogP contribution >= 0.6 is 11.3 Å². The first kappa shape index (κ1) is 19.1. The second-order valence-corrected chi connectivity index (χ2v) is 7.55. The molecule has 0 spiro atoms. The fraction of sp³-hybridized carbons (Fsp3) is 0.227. The van der Waals surface area contributed by atoms with Gasteiger partial charge in [0.1, 0.15) is 11.8 Å². The fourth-order valence-electron chi connectivity index (χ4n) is 2.98. The molecule has 1 aromatic heterocycles. The Kier molecular flexibility index (Phi) is 6.27. The number of hydrogen-bond donors (Lipinski definition) is 2. The number of ether oxygens (including phenoxy) is 1. The highest BCUT2D eigenvalue weighted by Gasteiger charge is 2.26. The molecule has 4 nitrogen and oxygen atoms in total. The topological polar surface area (TPSA) is 54.9 Å². The Hall–Kier alpha value is -2.63. The fourth-order valence-corrected chi connectivity index (χ4v) is 3.82. The molecule has 3 aromatic rings. The van der Waals surface area contributed by atoms with Gasteiger partial charge in [0.05, 0.1) is 17.7 Å². The highest BCUT2D eigenvalue weighted by molar-refractivity contribution is 7.10. The summed E-state index contributed by atoms with van der Waals surface area (Å²) in [5.41, 5.74) is 3.11. The van der Waals surface area contributed by atoms with E-state index in [2.05, 4.69) is 59.3 Å². The Bertz CT molecular complexity index is 876. The SMILES string of the molecule is COc1ccccc1NC(=O)[C@H](C)[NH2+][C@H](c1ccc(C)cc1)c1cccs1. The van der Waals surface area contributed by atoms with E-state index in [1.54, 1.807) is 18.4 Å². The lowest BCUT2D eigenvalue weighted by Gasteiger charge is -2.20. The summed E-state index contributed by atoms with van der Waals surface area (Å²) in [5.74, 6) is 0.611. The highest BCUT2D eigenvalue weighted by Crippen LogP contribution is 2.24. The van der Waals surface area contributed by atoms with Crippen molar-refractivity contribution in [2.45, 2.75) is 25.9 Å². The monoisotopic (exact) mass is 381 g/mol. The second-order valence-electron chi connectivity index (χ2n) is 6.57. The van der Waals surface area contributed by atoms with Crippen molar-refractivity contribution < 1.29 is 14.8 Å². The minimum absolute atomic E-state index is 0.0480. The number of amides is 1. The summed E-state index contributed by atoms with van der Waals surface area (Å²) < 4.78 is 5.32. The van der Waals surface area contributed by atoms with Crippen LogP contribution in [0.1, 0.15) is 29.0 Å². The number of anilines is 1. The zero-order valence-electron chi connectivity index (χ0n) is 15.8. The molecular weight excluding hydrogens is 356 g/mol. The number of nitrogens with two attached hydrogens (primary N) is 1. The normalized spacial score (nSPS) is 13.0. The molecular formula is C22H25N2O2S+. The van der Waals surface area contributed by atoms with Gasteiger partial charge in [-0.2, -0.15) is 0 Å². The predicted molar refractivity (Wildman–Crippen MR) is 110 cm³/mol. The quantitative estimate of drug-likeness (QED) is 0.655. The molecule has 0 aliphatic rings. The molecule has 3 rings (SSSR count). The number of quaternary nitrogens is 1. The van der Waals surface area contributed by atoms with E-state index in [4.69, 9.17) is 4.74 Å². The zero-order chi connectivity index (χ0) is 19.2. The van der Waals surface area contributed by atoms with Gasteiger partial charge < -0.3 is 15.4 Å². The van der Waals surface area contributed by atoms with Gasteiger partial charge in [-0.3, -0.25) is 4.79 Å². The largest absolute Gasteiger partial charge is 0.495 e. The number of carbonyl (C=O) groups excluding carboxylic acids is 1. The summed E-state index contributed by atoms with van der Waals surface area (Å²) in [6, 6.07) is 20.0. The lowest BCUT2D eigenvalue weighted by molar-refractivity contribution is -0.703. The van der Waals surface area contributed by atoms with Crippen LogP contribution in [0.25, 0.3) is 0 Å². The van der Waals surface area contributed by atoms with Crippen LogP contribution in [-0.4, -0.2) is 19.1 Å².